The van der Waals surface area contributed by atoms with Crippen molar-refractivity contribution in [3.8, 4) is 55.6 Å². The van der Waals surface area contributed by atoms with Crippen molar-refractivity contribution < 1.29 is 0 Å². The quantitative estimate of drug-likeness (QED) is 0.154. The molecule has 14 rings (SSSR count). The Balaban J connectivity index is 1.20. The second-order valence-corrected chi connectivity index (χ2v) is 18.6. The minimum atomic E-state index is -0.700. The van der Waals surface area contributed by atoms with E-state index in [1.54, 1.807) is 0 Å². The van der Waals surface area contributed by atoms with Crippen LogP contribution in [0.3, 0.4) is 0 Å². The Kier molecular flexibility index (Phi) is 8.78. The highest BCUT2D eigenvalue weighted by Gasteiger charge is 2.56. The maximum atomic E-state index is 2.66. The first-order valence-corrected chi connectivity index (χ1v) is 24.1. The zero-order valence-corrected chi connectivity index (χ0v) is 37.9. The molecular weight excluding hydrogens is 831 g/mol. The van der Waals surface area contributed by atoms with Crippen LogP contribution in [0.1, 0.15) is 44.5 Å². The van der Waals surface area contributed by atoms with Gasteiger partial charge in [0.2, 0.25) is 0 Å². The van der Waals surface area contributed by atoms with E-state index in [1.807, 2.05) is 0 Å². The van der Waals surface area contributed by atoms with Gasteiger partial charge in [-0.2, -0.15) is 0 Å². The summed E-state index contributed by atoms with van der Waals surface area (Å²) in [5.41, 5.74) is 24.8. The average molecular weight is 876 g/mol. The lowest BCUT2D eigenvalue weighted by molar-refractivity contribution is 0.753. The Morgan fingerprint density at radius 3 is 1.16 bits per heavy atom. The van der Waals surface area contributed by atoms with Crippen LogP contribution in [-0.4, -0.2) is 0 Å². The standard InChI is InChI=1S/C68H45N/c1-6-22-46(23-7-1)48-38-41-53(42-39-48)69(52-30-14-5-15-31-52)66-64-56-34-18-21-37-60(56)68(58-35-19-16-32-54(58)55-33-17-20-36-59(55)68)63(64)45-62-65(66)57-43-40-49(47-24-8-2-9-25-47)44-61(57)67(62,50-26-10-3-11-27-50)51-28-12-4-13-29-51/h1-45H. The molecule has 322 valence electrons. The monoisotopic (exact) mass is 875 g/mol. The van der Waals surface area contributed by atoms with E-state index in [0.29, 0.717) is 0 Å². The van der Waals surface area contributed by atoms with Crippen LogP contribution in [0.25, 0.3) is 55.6 Å². The first-order valence-electron chi connectivity index (χ1n) is 24.1. The number of hydrogen-bond acceptors (Lipinski definition) is 1. The summed E-state index contributed by atoms with van der Waals surface area (Å²) < 4.78 is 0. The third-order valence-corrected chi connectivity index (χ3v) is 15.3. The molecule has 11 aromatic rings. The summed E-state index contributed by atoms with van der Waals surface area (Å²) >= 11 is 0. The van der Waals surface area contributed by atoms with Gasteiger partial charge >= 0.3 is 0 Å². The topological polar surface area (TPSA) is 3.24 Å². The van der Waals surface area contributed by atoms with E-state index < -0.39 is 10.8 Å². The Morgan fingerprint density at radius 2 is 0.609 bits per heavy atom. The lowest BCUT2D eigenvalue weighted by Gasteiger charge is -2.37. The van der Waals surface area contributed by atoms with E-state index >= 15 is 0 Å². The minimum Gasteiger partial charge on any atom is -0.309 e. The fourth-order valence-electron chi connectivity index (χ4n) is 12.6. The van der Waals surface area contributed by atoms with Gasteiger partial charge in [-0.3, -0.25) is 0 Å². The highest BCUT2D eigenvalue weighted by molar-refractivity contribution is 6.09. The van der Waals surface area contributed by atoms with E-state index in [4.69, 9.17) is 0 Å². The Morgan fingerprint density at radius 1 is 0.232 bits per heavy atom. The number of benzene rings is 11. The molecule has 1 heteroatoms. The largest absolute Gasteiger partial charge is 0.309 e. The van der Waals surface area contributed by atoms with Crippen LogP contribution in [0.15, 0.2) is 273 Å². The molecule has 11 aromatic carbocycles. The third-order valence-electron chi connectivity index (χ3n) is 15.3. The first-order chi connectivity index (χ1) is 34.3. The van der Waals surface area contributed by atoms with Gasteiger partial charge in [-0.05, 0) is 119 Å². The lowest BCUT2D eigenvalue weighted by atomic mass is 9.65. The fraction of sp³-hybridized carbons (Fsp3) is 0.0294. The summed E-state index contributed by atoms with van der Waals surface area (Å²) in [6, 6.07) is 102. The van der Waals surface area contributed by atoms with Crippen LogP contribution in [0.4, 0.5) is 17.1 Å². The Labute approximate surface area is 403 Å². The summed E-state index contributed by atoms with van der Waals surface area (Å²) in [6.45, 7) is 0. The molecule has 0 atom stereocenters. The molecule has 1 nitrogen and oxygen atoms in total. The highest BCUT2D eigenvalue weighted by atomic mass is 15.1. The Bertz CT molecular complexity index is 3660. The van der Waals surface area contributed by atoms with Gasteiger partial charge < -0.3 is 4.90 Å². The molecule has 0 heterocycles. The molecule has 0 N–H and O–H groups in total. The smallest absolute Gasteiger partial charge is 0.0726 e. The van der Waals surface area contributed by atoms with Crippen molar-refractivity contribution in [2.24, 2.45) is 0 Å². The van der Waals surface area contributed by atoms with Crippen LogP contribution in [0.5, 0.6) is 0 Å². The number of nitrogens with zero attached hydrogens (tertiary/aromatic N) is 1. The van der Waals surface area contributed by atoms with E-state index in [-0.39, 0.29) is 0 Å². The van der Waals surface area contributed by atoms with Crippen molar-refractivity contribution >= 4 is 17.1 Å². The molecule has 0 amide bonds. The normalized spacial score (nSPS) is 13.7. The molecule has 1 spiro atoms. The molecule has 69 heavy (non-hydrogen) atoms. The summed E-state index contributed by atoms with van der Waals surface area (Å²) in [4.78, 5) is 2.58. The fourth-order valence-corrected chi connectivity index (χ4v) is 12.6. The van der Waals surface area contributed by atoms with Gasteiger partial charge in [0.1, 0.15) is 0 Å². The van der Waals surface area contributed by atoms with Crippen molar-refractivity contribution in [2.45, 2.75) is 10.8 Å². The maximum Gasteiger partial charge on any atom is 0.0726 e. The molecule has 0 bridgehead atoms. The number of para-hydroxylation sites is 1. The van der Waals surface area contributed by atoms with Crippen LogP contribution in [0, 0.1) is 0 Å². The second kappa shape index (κ2) is 15.4. The zero-order valence-electron chi connectivity index (χ0n) is 37.9. The van der Waals surface area contributed by atoms with Crippen molar-refractivity contribution in [3.05, 3.63) is 317 Å². The Hall–Kier alpha value is -8.78. The van der Waals surface area contributed by atoms with Gasteiger partial charge in [0.05, 0.1) is 16.5 Å². The second-order valence-electron chi connectivity index (χ2n) is 18.6. The molecule has 3 aliphatic carbocycles. The molecule has 0 aromatic heterocycles. The summed E-state index contributed by atoms with van der Waals surface area (Å²) in [6.07, 6.45) is 0. The van der Waals surface area contributed by atoms with Crippen LogP contribution in [0.2, 0.25) is 0 Å². The minimum absolute atomic E-state index is 0.592. The SMILES string of the molecule is c1ccc(-c2ccc(N(c3ccccc3)c3c4c(cc5c3-c3ccccc3C53c5ccccc5-c5ccccc53)C(c3ccccc3)(c3ccccc3)c3cc(-c5ccccc5)ccc3-4)cc2)cc1. The van der Waals surface area contributed by atoms with Gasteiger partial charge in [0.15, 0.2) is 0 Å². The summed E-state index contributed by atoms with van der Waals surface area (Å²) in [7, 11) is 0. The molecule has 0 unspecified atom stereocenters. The summed E-state index contributed by atoms with van der Waals surface area (Å²) in [5.74, 6) is 0. The predicted octanol–water partition coefficient (Wildman–Crippen LogP) is 17.2. The predicted molar refractivity (Wildman–Crippen MR) is 286 cm³/mol. The molecule has 0 aliphatic heterocycles. The van der Waals surface area contributed by atoms with E-state index in [1.165, 1.54) is 106 Å². The van der Waals surface area contributed by atoms with Gasteiger partial charge in [0.25, 0.3) is 0 Å². The van der Waals surface area contributed by atoms with Crippen molar-refractivity contribution in [2.75, 3.05) is 4.90 Å². The molecular formula is C68H45N. The van der Waals surface area contributed by atoms with E-state index in [9.17, 15) is 0 Å². The van der Waals surface area contributed by atoms with Crippen molar-refractivity contribution in [3.63, 3.8) is 0 Å². The highest BCUT2D eigenvalue weighted by Crippen LogP contribution is 2.69. The van der Waals surface area contributed by atoms with Gasteiger partial charge in [-0.15, -0.1) is 0 Å². The van der Waals surface area contributed by atoms with E-state index in [2.05, 4.69) is 278 Å². The van der Waals surface area contributed by atoms with Crippen LogP contribution >= 0.6 is 0 Å². The average Bonchev–Trinajstić information content (AvgIpc) is 4.02. The van der Waals surface area contributed by atoms with Crippen molar-refractivity contribution in [1.29, 1.82) is 0 Å². The number of anilines is 3. The van der Waals surface area contributed by atoms with Gasteiger partial charge in [0, 0.05) is 22.5 Å². The number of rotatable bonds is 7. The van der Waals surface area contributed by atoms with Gasteiger partial charge in [-0.1, -0.05) is 243 Å². The van der Waals surface area contributed by atoms with Gasteiger partial charge in [-0.25, -0.2) is 0 Å². The molecule has 3 aliphatic rings. The van der Waals surface area contributed by atoms with E-state index in [0.717, 1.165) is 11.4 Å². The number of hydrogen-bond donors (Lipinski definition) is 0. The lowest BCUT2D eigenvalue weighted by Crippen LogP contribution is -2.30. The molecule has 0 radical (unpaired) electrons. The maximum absolute atomic E-state index is 2.66. The number of fused-ring (bicyclic) bond motifs is 13. The third kappa shape index (κ3) is 5.53. The summed E-state index contributed by atoms with van der Waals surface area (Å²) in [5, 5.41) is 0. The van der Waals surface area contributed by atoms with Crippen molar-refractivity contribution in [1.82, 2.24) is 0 Å². The van der Waals surface area contributed by atoms with Crippen LogP contribution < -0.4 is 4.90 Å². The molecule has 0 saturated carbocycles. The first kappa shape index (κ1) is 39.4. The molecule has 0 saturated heterocycles. The van der Waals surface area contributed by atoms with Crippen LogP contribution in [-0.2, 0) is 10.8 Å². The zero-order chi connectivity index (χ0) is 45.5. The molecule has 0 fully saturated rings.